The van der Waals surface area contributed by atoms with Crippen LogP contribution in [0.25, 0.3) is 0 Å². The molecule has 0 radical (unpaired) electrons. The van der Waals surface area contributed by atoms with Gasteiger partial charge in [-0.25, -0.2) is 4.79 Å². The van der Waals surface area contributed by atoms with Gasteiger partial charge < -0.3 is 29.2 Å². The van der Waals surface area contributed by atoms with Crippen LogP contribution in [0.3, 0.4) is 0 Å². The molecule has 5 atom stereocenters. The summed E-state index contributed by atoms with van der Waals surface area (Å²) in [5.74, 6) is -0.681. The third-order valence-electron chi connectivity index (χ3n) is 8.16. The maximum atomic E-state index is 13.1. The van der Waals surface area contributed by atoms with Gasteiger partial charge in [-0.15, -0.1) is 0 Å². The van der Waals surface area contributed by atoms with Crippen molar-refractivity contribution in [2.75, 3.05) is 6.61 Å². The largest absolute Gasteiger partial charge is 0.453 e. The third-order valence-corrected chi connectivity index (χ3v) is 8.16. The van der Waals surface area contributed by atoms with Gasteiger partial charge in [0.25, 0.3) is 0 Å². The summed E-state index contributed by atoms with van der Waals surface area (Å²) in [6.07, 6.45) is -6.50. The van der Waals surface area contributed by atoms with Gasteiger partial charge in [-0.3, -0.25) is 0 Å². The molecule has 6 rings (SSSR count). The monoisotopic (exact) mass is 616 g/mol. The summed E-state index contributed by atoms with van der Waals surface area (Å²) in [6.45, 7) is 0.00469. The second-order valence-corrected chi connectivity index (χ2v) is 11.1. The van der Waals surface area contributed by atoms with Gasteiger partial charge in [0.05, 0.1) is 18.8 Å². The summed E-state index contributed by atoms with van der Waals surface area (Å²) in [5.41, 5.74) is 2.70. The quantitative estimate of drug-likeness (QED) is 0.141. The van der Waals surface area contributed by atoms with Crippen molar-refractivity contribution in [3.8, 4) is 0 Å². The average molecular weight is 617 g/mol. The maximum absolute atomic E-state index is 13.1. The number of rotatable bonds is 11. The van der Waals surface area contributed by atoms with Gasteiger partial charge in [0, 0.05) is 0 Å². The molecule has 7 heteroatoms. The topological polar surface area (TPSA) is 94.5 Å². The first-order valence-electron chi connectivity index (χ1n) is 15.3. The third kappa shape index (κ3) is 6.79. The molecule has 5 aromatic rings. The molecule has 5 aromatic carbocycles. The van der Waals surface area contributed by atoms with Crippen LogP contribution in [-0.2, 0) is 31.2 Å². The fourth-order valence-corrected chi connectivity index (χ4v) is 5.81. The molecular formula is C39H36O7. The molecule has 0 aliphatic carbocycles. The molecule has 234 valence electrons. The molecule has 7 nitrogen and oxygen atoms in total. The molecule has 0 amide bonds. The fourth-order valence-electron chi connectivity index (χ4n) is 5.81. The lowest BCUT2D eigenvalue weighted by Crippen LogP contribution is -2.61. The number of aliphatic hydroxyl groups excluding tert-OH is 2. The zero-order valence-corrected chi connectivity index (χ0v) is 25.2. The molecule has 0 saturated carbocycles. The number of hydrogen-bond acceptors (Lipinski definition) is 7. The number of benzene rings is 5. The highest BCUT2D eigenvalue weighted by Crippen LogP contribution is 2.41. The van der Waals surface area contributed by atoms with E-state index in [1.807, 2.05) is 121 Å². The molecule has 1 saturated heterocycles. The van der Waals surface area contributed by atoms with Crippen LogP contribution in [0.4, 0.5) is 0 Å². The van der Waals surface area contributed by atoms with E-state index in [1.165, 1.54) is 0 Å². The van der Waals surface area contributed by atoms with Gasteiger partial charge in [-0.1, -0.05) is 140 Å². The lowest BCUT2D eigenvalue weighted by atomic mass is 9.80. The van der Waals surface area contributed by atoms with Crippen molar-refractivity contribution in [3.63, 3.8) is 0 Å². The van der Waals surface area contributed by atoms with Gasteiger partial charge in [0.15, 0.2) is 12.4 Å². The average Bonchev–Trinajstić information content (AvgIpc) is 3.12. The summed E-state index contributed by atoms with van der Waals surface area (Å²) in [6, 6.07) is 47.4. The standard InChI is InChI=1S/C39H36O7/c40-34-33(27-44-39(30-20-10-3-11-21-30,31-22-12-4-13-23-31)32-24-14-5-15-25-32)45-38(43-26-28-16-6-1-7-17-28)35(41)36(34)46-37(42)29-18-8-2-9-19-29/h1-25,33-36,38,40-41H,26-27H2/t33-,34-,35+,36+,38+/m1/s1. The minimum absolute atomic E-state index is 0.128. The van der Waals surface area contributed by atoms with Gasteiger partial charge in [-0.05, 0) is 34.4 Å². The van der Waals surface area contributed by atoms with Crippen molar-refractivity contribution in [2.45, 2.75) is 42.9 Å². The predicted molar refractivity (Wildman–Crippen MR) is 173 cm³/mol. The molecule has 1 fully saturated rings. The Bertz CT molecular complexity index is 1550. The normalized spacial score (nSPS) is 21.4. The fraction of sp³-hybridized carbons (Fsp3) is 0.205. The Labute approximate surface area is 268 Å². The van der Waals surface area contributed by atoms with E-state index in [4.69, 9.17) is 18.9 Å². The molecule has 0 spiro atoms. The second-order valence-electron chi connectivity index (χ2n) is 11.1. The van der Waals surface area contributed by atoms with E-state index >= 15 is 0 Å². The zero-order valence-electron chi connectivity index (χ0n) is 25.2. The highest BCUT2D eigenvalue weighted by Gasteiger charge is 2.49. The van der Waals surface area contributed by atoms with Gasteiger partial charge in [-0.2, -0.15) is 0 Å². The summed E-state index contributed by atoms with van der Waals surface area (Å²) >= 11 is 0. The predicted octanol–water partition coefficient (Wildman–Crippen LogP) is 5.88. The number of hydrogen-bond donors (Lipinski definition) is 2. The summed E-state index contributed by atoms with van der Waals surface area (Å²) < 4.78 is 24.9. The summed E-state index contributed by atoms with van der Waals surface area (Å²) in [7, 11) is 0. The van der Waals surface area contributed by atoms with Crippen LogP contribution >= 0.6 is 0 Å². The lowest BCUT2D eigenvalue weighted by molar-refractivity contribution is -0.307. The van der Waals surface area contributed by atoms with E-state index in [-0.39, 0.29) is 13.2 Å². The van der Waals surface area contributed by atoms with E-state index in [2.05, 4.69) is 0 Å². The molecule has 46 heavy (non-hydrogen) atoms. The number of ether oxygens (including phenoxy) is 4. The van der Waals surface area contributed by atoms with Crippen molar-refractivity contribution in [1.82, 2.24) is 0 Å². The van der Waals surface area contributed by atoms with Crippen LogP contribution < -0.4 is 0 Å². The highest BCUT2D eigenvalue weighted by molar-refractivity contribution is 5.89. The van der Waals surface area contributed by atoms with Gasteiger partial charge in [0.2, 0.25) is 0 Å². The Hall–Kier alpha value is -4.63. The lowest BCUT2D eigenvalue weighted by Gasteiger charge is -2.43. The number of esters is 1. The molecule has 0 aromatic heterocycles. The van der Waals surface area contributed by atoms with Crippen molar-refractivity contribution in [2.24, 2.45) is 0 Å². The Morgan fingerprint density at radius 3 is 1.59 bits per heavy atom. The van der Waals surface area contributed by atoms with Crippen LogP contribution in [0.1, 0.15) is 32.6 Å². The van der Waals surface area contributed by atoms with E-state index in [1.54, 1.807) is 30.3 Å². The molecule has 1 aliphatic heterocycles. The Kier molecular flexibility index (Phi) is 9.98. The molecule has 1 aliphatic rings. The van der Waals surface area contributed by atoms with Gasteiger partial charge in [0.1, 0.15) is 23.9 Å². The van der Waals surface area contributed by atoms with Gasteiger partial charge >= 0.3 is 5.97 Å². The van der Waals surface area contributed by atoms with Crippen LogP contribution in [0.15, 0.2) is 152 Å². The molecule has 2 N–H and O–H groups in total. The first-order chi connectivity index (χ1) is 22.6. The smallest absolute Gasteiger partial charge is 0.338 e. The molecule has 1 heterocycles. The minimum atomic E-state index is -1.47. The Morgan fingerprint density at radius 2 is 1.09 bits per heavy atom. The second kappa shape index (κ2) is 14.6. The van der Waals surface area contributed by atoms with Crippen molar-refractivity contribution in [3.05, 3.63) is 179 Å². The van der Waals surface area contributed by atoms with E-state index in [0.717, 1.165) is 22.3 Å². The summed E-state index contributed by atoms with van der Waals surface area (Å²) in [4.78, 5) is 13.1. The Balaban J connectivity index is 1.33. The Morgan fingerprint density at radius 1 is 0.630 bits per heavy atom. The first-order valence-corrected chi connectivity index (χ1v) is 15.3. The van der Waals surface area contributed by atoms with E-state index < -0.39 is 42.3 Å². The highest BCUT2D eigenvalue weighted by atomic mass is 16.7. The van der Waals surface area contributed by atoms with Crippen LogP contribution in [0.2, 0.25) is 0 Å². The zero-order chi connectivity index (χ0) is 31.8. The molecular weight excluding hydrogens is 580 g/mol. The van der Waals surface area contributed by atoms with Crippen molar-refractivity contribution < 1.29 is 34.0 Å². The first kappa shape index (κ1) is 31.4. The SMILES string of the molecule is O=C(O[C@@H]1[C@H](O)[C@@H](OCc2ccccc2)O[C@H](COC(c2ccccc2)(c2ccccc2)c2ccccc2)[C@H]1O)c1ccccc1. The summed E-state index contributed by atoms with van der Waals surface area (Å²) in [5, 5.41) is 22.9. The van der Waals surface area contributed by atoms with Crippen LogP contribution in [0, 0.1) is 0 Å². The van der Waals surface area contributed by atoms with Crippen LogP contribution in [0.5, 0.6) is 0 Å². The van der Waals surface area contributed by atoms with E-state index in [0.29, 0.717) is 5.56 Å². The van der Waals surface area contributed by atoms with Crippen LogP contribution in [-0.4, -0.2) is 53.5 Å². The number of carbonyl (C=O) groups excluding carboxylic acids is 1. The minimum Gasteiger partial charge on any atom is -0.453 e. The molecule has 0 bridgehead atoms. The van der Waals surface area contributed by atoms with Crippen molar-refractivity contribution in [1.29, 1.82) is 0 Å². The number of carbonyl (C=O) groups is 1. The van der Waals surface area contributed by atoms with E-state index in [9.17, 15) is 15.0 Å². The maximum Gasteiger partial charge on any atom is 0.338 e. The molecule has 0 unspecified atom stereocenters. The van der Waals surface area contributed by atoms with Crippen molar-refractivity contribution >= 4 is 5.97 Å². The number of aliphatic hydroxyl groups is 2.